The molecule has 1 aliphatic rings. The zero-order valence-electron chi connectivity index (χ0n) is 20.5. The first kappa shape index (κ1) is 25.7. The van der Waals surface area contributed by atoms with E-state index >= 15 is 4.39 Å². The zero-order valence-corrected chi connectivity index (χ0v) is 21.3. The summed E-state index contributed by atoms with van der Waals surface area (Å²) >= 11 is 1.83. The van der Waals surface area contributed by atoms with Crippen molar-refractivity contribution in [2.24, 2.45) is 11.8 Å². The van der Waals surface area contributed by atoms with Crippen LogP contribution in [0.4, 0.5) is 4.39 Å². The molecular formula is C28H35FN2O3S. The summed E-state index contributed by atoms with van der Waals surface area (Å²) in [6.45, 7) is 3.00. The van der Waals surface area contributed by atoms with Gasteiger partial charge >= 0.3 is 0 Å². The van der Waals surface area contributed by atoms with Crippen molar-refractivity contribution in [2.75, 3.05) is 46.2 Å². The third-order valence-electron chi connectivity index (χ3n) is 7.06. The van der Waals surface area contributed by atoms with Crippen molar-refractivity contribution in [1.82, 2.24) is 9.88 Å². The lowest BCUT2D eigenvalue weighted by atomic mass is 9.81. The molecule has 1 aromatic heterocycles. The maximum atomic E-state index is 15.4. The molecule has 1 saturated heterocycles. The number of fused-ring (bicyclic) bond motifs is 1. The smallest absolute Gasteiger partial charge is 0.126 e. The molecule has 1 fully saturated rings. The average Bonchev–Trinajstić information content (AvgIpc) is 2.91. The van der Waals surface area contributed by atoms with Crippen LogP contribution in [0.1, 0.15) is 31.0 Å². The molecule has 35 heavy (non-hydrogen) atoms. The highest BCUT2D eigenvalue weighted by Gasteiger charge is 2.29. The molecule has 7 heteroatoms. The van der Waals surface area contributed by atoms with Gasteiger partial charge in [-0.2, -0.15) is 0 Å². The minimum Gasteiger partial charge on any atom is -0.497 e. The first-order chi connectivity index (χ1) is 17.1. The SMILES string of the molecule is COc1ccc(SCCN2CC[C@@H](CCC(F)c3ccnc4ccc(OC)cc34)[C@@H](CO)C2)cc1. The van der Waals surface area contributed by atoms with Crippen LogP contribution < -0.4 is 9.47 Å². The fourth-order valence-electron chi connectivity index (χ4n) is 4.97. The Morgan fingerprint density at radius 2 is 1.86 bits per heavy atom. The summed E-state index contributed by atoms with van der Waals surface area (Å²) in [5.74, 6) is 3.11. The molecule has 0 radical (unpaired) electrons. The summed E-state index contributed by atoms with van der Waals surface area (Å²) in [4.78, 5) is 8.03. The highest BCUT2D eigenvalue weighted by Crippen LogP contribution is 2.35. The Balaban J connectivity index is 1.28. The molecule has 1 unspecified atom stereocenters. The Bertz CT molecular complexity index is 1080. The van der Waals surface area contributed by atoms with Crippen molar-refractivity contribution in [1.29, 1.82) is 0 Å². The molecule has 0 aliphatic carbocycles. The van der Waals surface area contributed by atoms with E-state index in [1.165, 1.54) is 4.90 Å². The number of thioether (sulfide) groups is 1. The van der Waals surface area contributed by atoms with Crippen LogP contribution in [0, 0.1) is 11.8 Å². The lowest BCUT2D eigenvalue weighted by Gasteiger charge is -2.38. The molecule has 0 amide bonds. The van der Waals surface area contributed by atoms with Gasteiger partial charge in [0.25, 0.3) is 0 Å². The summed E-state index contributed by atoms with van der Waals surface area (Å²) < 4.78 is 25.9. The van der Waals surface area contributed by atoms with Gasteiger partial charge in [-0.05, 0) is 91.7 Å². The van der Waals surface area contributed by atoms with Gasteiger partial charge < -0.3 is 19.5 Å². The van der Waals surface area contributed by atoms with Crippen molar-refractivity contribution in [3.8, 4) is 11.5 Å². The number of aromatic nitrogens is 1. The van der Waals surface area contributed by atoms with Crippen LogP contribution in [-0.2, 0) is 0 Å². The van der Waals surface area contributed by atoms with Gasteiger partial charge in [0, 0.05) is 41.9 Å². The number of pyridine rings is 1. The first-order valence-electron chi connectivity index (χ1n) is 12.3. The van der Waals surface area contributed by atoms with Crippen LogP contribution in [0.15, 0.2) is 59.6 Å². The fraction of sp³-hybridized carbons (Fsp3) is 0.464. The van der Waals surface area contributed by atoms with Crippen LogP contribution >= 0.6 is 11.8 Å². The minimum absolute atomic E-state index is 0.152. The molecule has 1 N–H and O–H groups in total. The molecule has 5 nitrogen and oxygen atoms in total. The van der Waals surface area contributed by atoms with Gasteiger partial charge in [-0.3, -0.25) is 4.98 Å². The summed E-state index contributed by atoms with van der Waals surface area (Å²) in [6, 6.07) is 15.5. The van der Waals surface area contributed by atoms with Crippen LogP contribution in [0.3, 0.4) is 0 Å². The largest absolute Gasteiger partial charge is 0.497 e. The molecule has 188 valence electrons. The molecule has 0 bridgehead atoms. The predicted octanol–water partition coefficient (Wildman–Crippen LogP) is 5.77. The molecule has 0 saturated carbocycles. The zero-order chi connectivity index (χ0) is 24.6. The van der Waals surface area contributed by atoms with E-state index in [9.17, 15) is 5.11 Å². The molecule has 4 rings (SSSR count). The second kappa shape index (κ2) is 12.6. The molecule has 1 aliphatic heterocycles. The number of hydrogen-bond acceptors (Lipinski definition) is 6. The third-order valence-corrected chi connectivity index (χ3v) is 8.05. The number of halogens is 1. The molecular weight excluding hydrogens is 463 g/mol. The number of alkyl halides is 1. The van der Waals surface area contributed by atoms with E-state index in [0.29, 0.717) is 23.7 Å². The van der Waals surface area contributed by atoms with Gasteiger partial charge in [0.1, 0.15) is 17.7 Å². The van der Waals surface area contributed by atoms with Gasteiger partial charge in [0.05, 0.1) is 19.7 Å². The quantitative estimate of drug-likeness (QED) is 0.339. The number of ether oxygens (including phenoxy) is 2. The maximum Gasteiger partial charge on any atom is 0.126 e. The Morgan fingerprint density at radius 3 is 2.60 bits per heavy atom. The van der Waals surface area contributed by atoms with Gasteiger partial charge in [-0.25, -0.2) is 4.39 Å². The number of piperidine rings is 1. The molecule has 0 spiro atoms. The monoisotopic (exact) mass is 498 g/mol. The van der Waals surface area contributed by atoms with Gasteiger partial charge in [0.15, 0.2) is 0 Å². The average molecular weight is 499 g/mol. The van der Waals surface area contributed by atoms with E-state index in [4.69, 9.17) is 9.47 Å². The van der Waals surface area contributed by atoms with Crippen molar-refractivity contribution >= 4 is 22.7 Å². The van der Waals surface area contributed by atoms with E-state index in [0.717, 1.165) is 54.9 Å². The van der Waals surface area contributed by atoms with Gasteiger partial charge in [-0.15, -0.1) is 11.8 Å². The van der Waals surface area contributed by atoms with Gasteiger partial charge in [0.2, 0.25) is 0 Å². The number of methoxy groups -OCH3 is 2. The number of aliphatic hydroxyl groups is 1. The van der Waals surface area contributed by atoms with Crippen molar-refractivity contribution in [3.63, 3.8) is 0 Å². The van der Waals surface area contributed by atoms with E-state index < -0.39 is 6.17 Å². The predicted molar refractivity (Wildman–Crippen MR) is 140 cm³/mol. The number of aliphatic hydroxyl groups excluding tert-OH is 1. The second-order valence-corrected chi connectivity index (χ2v) is 10.3. The number of hydrogen-bond donors (Lipinski definition) is 1. The minimum atomic E-state index is -1.06. The second-order valence-electron chi connectivity index (χ2n) is 9.14. The Labute approximate surface area is 211 Å². The molecule has 2 heterocycles. The van der Waals surface area contributed by atoms with Crippen molar-refractivity contribution < 1.29 is 19.0 Å². The van der Waals surface area contributed by atoms with E-state index in [1.54, 1.807) is 26.5 Å². The Hall–Kier alpha value is -2.35. The summed E-state index contributed by atoms with van der Waals surface area (Å²) in [7, 11) is 3.29. The fourth-order valence-corrected chi connectivity index (χ4v) is 5.89. The Kier molecular flexibility index (Phi) is 9.24. The summed E-state index contributed by atoms with van der Waals surface area (Å²) in [5, 5.41) is 10.9. The Morgan fingerprint density at radius 1 is 1.09 bits per heavy atom. The lowest BCUT2D eigenvalue weighted by Crippen LogP contribution is -2.43. The normalized spacial score (nSPS) is 19.5. The van der Waals surface area contributed by atoms with E-state index in [-0.39, 0.29) is 12.5 Å². The van der Waals surface area contributed by atoms with E-state index in [1.807, 2.05) is 42.1 Å². The highest BCUT2D eigenvalue weighted by molar-refractivity contribution is 7.99. The number of nitrogens with zero attached hydrogens (tertiary/aromatic N) is 2. The third kappa shape index (κ3) is 6.66. The summed E-state index contributed by atoms with van der Waals surface area (Å²) in [5.41, 5.74) is 1.45. The highest BCUT2D eigenvalue weighted by atomic mass is 32.2. The van der Waals surface area contributed by atoms with Crippen LogP contribution in [0.25, 0.3) is 10.9 Å². The van der Waals surface area contributed by atoms with Crippen LogP contribution in [-0.4, -0.2) is 61.2 Å². The summed E-state index contributed by atoms with van der Waals surface area (Å²) in [6.07, 6.45) is 2.83. The van der Waals surface area contributed by atoms with E-state index in [2.05, 4.69) is 22.0 Å². The number of likely N-dealkylation sites (tertiary alicyclic amines) is 1. The number of benzene rings is 2. The molecule has 3 aromatic rings. The molecule has 2 aromatic carbocycles. The topological polar surface area (TPSA) is 54.8 Å². The molecule has 3 atom stereocenters. The standard InChI is InChI=1S/C28H35FN2O3S/c1-33-22-4-7-24(8-5-22)35-16-15-31-14-12-20(21(18-31)19-32)3-9-27(29)25-11-13-30-28-10-6-23(34-2)17-26(25)28/h4-8,10-11,13,17,20-21,27,32H,3,9,12,14-16,18-19H2,1-2H3/t20-,21-,27?/m1/s1. The van der Waals surface area contributed by atoms with Crippen LogP contribution in [0.5, 0.6) is 11.5 Å². The van der Waals surface area contributed by atoms with Crippen molar-refractivity contribution in [3.05, 3.63) is 60.3 Å². The number of rotatable bonds is 11. The lowest BCUT2D eigenvalue weighted by molar-refractivity contribution is 0.0672. The van der Waals surface area contributed by atoms with Gasteiger partial charge in [-0.1, -0.05) is 0 Å². The van der Waals surface area contributed by atoms with Crippen molar-refractivity contribution in [2.45, 2.75) is 30.3 Å². The van der Waals surface area contributed by atoms with Crippen LogP contribution in [0.2, 0.25) is 0 Å². The first-order valence-corrected chi connectivity index (χ1v) is 13.3. The maximum absolute atomic E-state index is 15.4.